The lowest BCUT2D eigenvalue weighted by Crippen LogP contribution is -2.38. The molecule has 0 aromatic rings. The van der Waals surface area contributed by atoms with Crippen molar-refractivity contribution in [3.05, 3.63) is 0 Å². The summed E-state index contributed by atoms with van der Waals surface area (Å²) in [5.41, 5.74) is 0.101. The second-order valence-corrected chi connectivity index (χ2v) is 19.1. The smallest absolute Gasteiger partial charge is 0.305 e. The van der Waals surface area contributed by atoms with Gasteiger partial charge in [-0.3, -0.25) is 4.79 Å². The van der Waals surface area contributed by atoms with E-state index in [-0.39, 0.29) is 11.4 Å². The Hall–Kier alpha value is -0.570. The lowest BCUT2D eigenvalue weighted by Gasteiger charge is -2.36. The van der Waals surface area contributed by atoms with E-state index in [0.717, 1.165) is 13.0 Å². The number of esters is 1. The van der Waals surface area contributed by atoms with E-state index in [4.69, 9.17) is 4.74 Å². The van der Waals surface area contributed by atoms with Gasteiger partial charge in [0.1, 0.15) is 0 Å². The maximum absolute atomic E-state index is 13.0. The topological polar surface area (TPSA) is 29.5 Å². The first-order chi connectivity index (χ1) is 27.5. The van der Waals surface area contributed by atoms with Crippen molar-refractivity contribution >= 4 is 5.97 Å². The van der Waals surface area contributed by atoms with Gasteiger partial charge in [-0.25, -0.2) is 0 Å². The van der Waals surface area contributed by atoms with Crippen LogP contribution in [0.25, 0.3) is 0 Å². The summed E-state index contributed by atoms with van der Waals surface area (Å²) in [4.78, 5) is 15.4. The van der Waals surface area contributed by atoms with E-state index in [0.29, 0.717) is 13.0 Å². The van der Waals surface area contributed by atoms with Gasteiger partial charge >= 0.3 is 5.97 Å². The molecule has 336 valence electrons. The minimum absolute atomic E-state index is 0.0538. The quantitative estimate of drug-likeness (QED) is 0.0454. The molecular formula is C53H107NO2. The summed E-state index contributed by atoms with van der Waals surface area (Å²) < 4.78 is 6.19. The monoisotopic (exact) mass is 790 g/mol. The van der Waals surface area contributed by atoms with Gasteiger partial charge in [0.15, 0.2) is 0 Å². The molecular weight excluding hydrogens is 683 g/mol. The molecule has 0 radical (unpaired) electrons. The van der Waals surface area contributed by atoms with Crippen molar-refractivity contribution in [1.29, 1.82) is 0 Å². The highest BCUT2D eigenvalue weighted by molar-refractivity contribution is 5.69. The van der Waals surface area contributed by atoms with Gasteiger partial charge in [0.25, 0.3) is 0 Å². The summed E-state index contributed by atoms with van der Waals surface area (Å²) >= 11 is 0. The van der Waals surface area contributed by atoms with Crippen molar-refractivity contribution in [2.75, 3.05) is 27.2 Å². The molecule has 56 heavy (non-hydrogen) atoms. The molecule has 0 atom stereocenters. The molecule has 0 fully saturated rings. The van der Waals surface area contributed by atoms with Crippen LogP contribution in [-0.2, 0) is 9.53 Å². The number of unbranched alkanes of at least 4 members (excludes halogenated alkanes) is 38. The van der Waals surface area contributed by atoms with Gasteiger partial charge < -0.3 is 9.64 Å². The maximum Gasteiger partial charge on any atom is 0.305 e. The third kappa shape index (κ3) is 41.6. The number of carbonyl (C=O) groups is 1. The number of nitrogens with zero attached hydrogens (tertiary/aromatic N) is 1. The fraction of sp³-hybridized carbons (Fsp3) is 0.981. The Morgan fingerprint density at radius 3 is 0.839 bits per heavy atom. The SMILES string of the molecule is CCCCCCCCCCCCCCCCC(CCCCCCCCCCCCCCCC)(COC(=O)CCCCCCCCCCCCCCC)CN(C)C. The van der Waals surface area contributed by atoms with Crippen LogP contribution in [0.15, 0.2) is 0 Å². The minimum atomic E-state index is 0.0538. The maximum atomic E-state index is 13.0. The fourth-order valence-electron chi connectivity index (χ4n) is 9.13. The Bertz CT molecular complexity index is 718. The lowest BCUT2D eigenvalue weighted by molar-refractivity contribution is -0.148. The van der Waals surface area contributed by atoms with Crippen molar-refractivity contribution in [3.63, 3.8) is 0 Å². The number of hydrogen-bond acceptors (Lipinski definition) is 3. The highest BCUT2D eigenvalue weighted by Crippen LogP contribution is 2.34. The number of ether oxygens (including phenoxy) is 1. The molecule has 0 aliphatic heterocycles. The van der Waals surface area contributed by atoms with Crippen molar-refractivity contribution < 1.29 is 9.53 Å². The van der Waals surface area contributed by atoms with E-state index in [9.17, 15) is 4.79 Å². The van der Waals surface area contributed by atoms with Crippen LogP contribution in [0, 0.1) is 5.41 Å². The van der Waals surface area contributed by atoms with Crippen LogP contribution >= 0.6 is 0 Å². The molecule has 0 amide bonds. The van der Waals surface area contributed by atoms with Gasteiger partial charge in [-0.1, -0.05) is 278 Å². The molecule has 0 spiro atoms. The van der Waals surface area contributed by atoms with Crippen molar-refractivity contribution in [2.24, 2.45) is 5.41 Å². The van der Waals surface area contributed by atoms with Gasteiger partial charge in [-0.15, -0.1) is 0 Å². The minimum Gasteiger partial charge on any atom is -0.465 e. The van der Waals surface area contributed by atoms with Crippen molar-refractivity contribution in [3.8, 4) is 0 Å². The van der Waals surface area contributed by atoms with E-state index in [1.54, 1.807) is 0 Å². The van der Waals surface area contributed by atoms with Gasteiger partial charge in [-0.2, -0.15) is 0 Å². The summed E-state index contributed by atoms with van der Waals surface area (Å²) in [5.74, 6) is 0.0538. The molecule has 3 nitrogen and oxygen atoms in total. The van der Waals surface area contributed by atoms with E-state index in [1.807, 2.05) is 0 Å². The molecule has 0 aromatic heterocycles. The Morgan fingerprint density at radius 1 is 0.357 bits per heavy atom. The average molecular weight is 790 g/mol. The van der Waals surface area contributed by atoms with E-state index < -0.39 is 0 Å². The molecule has 0 aliphatic carbocycles. The molecule has 0 N–H and O–H groups in total. The van der Waals surface area contributed by atoms with Crippen LogP contribution in [-0.4, -0.2) is 38.1 Å². The van der Waals surface area contributed by atoms with E-state index in [1.165, 1.54) is 270 Å². The molecule has 0 saturated heterocycles. The van der Waals surface area contributed by atoms with Crippen LogP contribution in [0.1, 0.15) is 303 Å². The number of carbonyl (C=O) groups excluding carboxylic acids is 1. The lowest BCUT2D eigenvalue weighted by atomic mass is 9.78. The second kappa shape index (κ2) is 45.5. The zero-order chi connectivity index (χ0) is 40.9. The summed E-state index contributed by atoms with van der Waals surface area (Å²) in [6.45, 7) is 8.57. The van der Waals surface area contributed by atoms with Gasteiger partial charge in [-0.05, 0) is 33.4 Å². The zero-order valence-corrected chi connectivity index (χ0v) is 39.8. The zero-order valence-electron chi connectivity index (χ0n) is 39.8. The highest BCUT2D eigenvalue weighted by Gasteiger charge is 2.32. The third-order valence-corrected chi connectivity index (χ3v) is 12.8. The van der Waals surface area contributed by atoms with Crippen LogP contribution in [0.4, 0.5) is 0 Å². The first kappa shape index (κ1) is 55.4. The Labute approximate surface area is 355 Å². The third-order valence-electron chi connectivity index (χ3n) is 12.8. The average Bonchev–Trinajstić information content (AvgIpc) is 3.19. The molecule has 3 heteroatoms. The van der Waals surface area contributed by atoms with Gasteiger partial charge in [0, 0.05) is 18.4 Å². The van der Waals surface area contributed by atoms with Gasteiger partial charge in [0.2, 0.25) is 0 Å². The number of hydrogen-bond donors (Lipinski definition) is 0. The largest absolute Gasteiger partial charge is 0.465 e. The first-order valence-corrected chi connectivity index (χ1v) is 26.3. The second-order valence-electron chi connectivity index (χ2n) is 19.1. The predicted molar refractivity (Wildman–Crippen MR) is 252 cm³/mol. The van der Waals surface area contributed by atoms with Crippen molar-refractivity contribution in [1.82, 2.24) is 4.90 Å². The predicted octanol–water partition coefficient (Wildman–Crippen LogP) is 18.3. The van der Waals surface area contributed by atoms with Crippen LogP contribution < -0.4 is 0 Å². The summed E-state index contributed by atoms with van der Waals surface area (Å²) in [7, 11) is 4.45. The summed E-state index contributed by atoms with van der Waals surface area (Å²) in [5, 5.41) is 0. The first-order valence-electron chi connectivity index (χ1n) is 26.3. The molecule has 0 aliphatic rings. The normalized spacial score (nSPS) is 12.0. The van der Waals surface area contributed by atoms with Gasteiger partial charge in [0.05, 0.1) is 6.61 Å². The summed E-state index contributed by atoms with van der Waals surface area (Å²) in [6.07, 6.45) is 59.6. The molecule has 0 rings (SSSR count). The molecule has 0 saturated carbocycles. The molecule has 0 aromatic carbocycles. The van der Waals surface area contributed by atoms with Crippen LogP contribution in [0.3, 0.4) is 0 Å². The van der Waals surface area contributed by atoms with E-state index in [2.05, 4.69) is 39.8 Å². The Kier molecular flexibility index (Phi) is 45.0. The molecule has 0 bridgehead atoms. The highest BCUT2D eigenvalue weighted by atomic mass is 16.5. The Morgan fingerprint density at radius 2 is 0.589 bits per heavy atom. The van der Waals surface area contributed by atoms with Crippen LogP contribution in [0.2, 0.25) is 0 Å². The standard InChI is InChI=1S/C53H107NO2/c1-6-9-12-15-18-21-24-27-30-33-36-39-42-45-48-53(50-54(4)5,49-46-43-40-37-34-31-28-25-22-19-16-13-10-7-2)51-56-52(55)47-44-41-38-35-32-29-26-23-20-17-14-11-8-3/h6-51H2,1-5H3. The fourth-order valence-corrected chi connectivity index (χ4v) is 9.13. The van der Waals surface area contributed by atoms with Crippen molar-refractivity contribution in [2.45, 2.75) is 303 Å². The summed E-state index contributed by atoms with van der Waals surface area (Å²) in [6, 6.07) is 0. The van der Waals surface area contributed by atoms with E-state index >= 15 is 0 Å². The van der Waals surface area contributed by atoms with Crippen LogP contribution in [0.5, 0.6) is 0 Å². The molecule has 0 unspecified atom stereocenters. The number of rotatable bonds is 48. The molecule has 0 heterocycles. The Balaban J connectivity index is 4.55.